The molecule has 3 rings (SSSR count). The number of likely N-dealkylation sites (N-methyl/N-ethyl adjacent to an activating group) is 1. The van der Waals surface area contributed by atoms with Gasteiger partial charge < -0.3 is 10.2 Å². The molecule has 1 saturated heterocycles. The summed E-state index contributed by atoms with van der Waals surface area (Å²) >= 11 is 6.23. The normalized spacial score (nSPS) is 20.0. The first kappa shape index (κ1) is 17.2. The van der Waals surface area contributed by atoms with Crippen LogP contribution >= 0.6 is 11.6 Å². The minimum atomic E-state index is -0.183. The predicted octanol–water partition coefficient (Wildman–Crippen LogP) is 2.34. The molecular weight excluding hydrogens is 340 g/mol. The number of nitrogens with one attached hydrogen (secondary N) is 1. The average Bonchev–Trinajstić information content (AvgIpc) is 2.98. The molecule has 0 saturated carbocycles. The van der Waals surface area contributed by atoms with Crippen LogP contribution in [-0.4, -0.2) is 38.7 Å². The largest absolute Gasteiger partial charge is 0.363 e. The molecule has 3 heterocycles. The number of hydrogen-bond acceptors (Lipinski definition) is 5. The lowest BCUT2D eigenvalue weighted by Crippen LogP contribution is -2.31. The average molecular weight is 359 g/mol. The molecule has 0 aliphatic carbocycles. The number of carbonyl (C=O) groups excluding carboxylic acids is 1. The SMILES string of the molecule is Cc1nn(C)c(C)c1[C@H]1[C@H](Nc2ncc(C#N)cc2Cl)CC(=O)N1C. The van der Waals surface area contributed by atoms with Gasteiger partial charge in [-0.25, -0.2) is 4.98 Å². The van der Waals surface area contributed by atoms with Crippen LogP contribution in [0.3, 0.4) is 0 Å². The summed E-state index contributed by atoms with van der Waals surface area (Å²) in [6, 6.07) is 3.23. The van der Waals surface area contributed by atoms with Crippen LogP contribution in [0.4, 0.5) is 5.82 Å². The van der Waals surface area contributed by atoms with Crippen molar-refractivity contribution in [1.29, 1.82) is 5.26 Å². The fourth-order valence-electron chi connectivity index (χ4n) is 3.39. The maximum atomic E-state index is 12.3. The van der Waals surface area contributed by atoms with Crippen LogP contribution in [0.25, 0.3) is 0 Å². The van der Waals surface area contributed by atoms with E-state index in [0.29, 0.717) is 22.8 Å². The van der Waals surface area contributed by atoms with Crippen molar-refractivity contribution >= 4 is 23.3 Å². The molecule has 0 radical (unpaired) electrons. The Morgan fingerprint density at radius 1 is 1.40 bits per heavy atom. The number of aromatic nitrogens is 3. The molecule has 0 aromatic carbocycles. The minimum Gasteiger partial charge on any atom is -0.363 e. The van der Waals surface area contributed by atoms with Gasteiger partial charge in [0.2, 0.25) is 5.91 Å². The lowest BCUT2D eigenvalue weighted by atomic mass is 9.98. The first-order chi connectivity index (χ1) is 11.8. The van der Waals surface area contributed by atoms with Crippen LogP contribution in [-0.2, 0) is 11.8 Å². The van der Waals surface area contributed by atoms with Gasteiger partial charge in [-0.3, -0.25) is 9.48 Å². The van der Waals surface area contributed by atoms with E-state index < -0.39 is 0 Å². The smallest absolute Gasteiger partial charge is 0.225 e. The van der Waals surface area contributed by atoms with Crippen LogP contribution in [0, 0.1) is 25.2 Å². The molecule has 2 aromatic heterocycles. The van der Waals surface area contributed by atoms with E-state index >= 15 is 0 Å². The number of aryl methyl sites for hydroxylation is 2. The van der Waals surface area contributed by atoms with Crippen molar-refractivity contribution in [3.63, 3.8) is 0 Å². The predicted molar refractivity (Wildman–Crippen MR) is 94.2 cm³/mol. The number of nitrogens with zero attached hydrogens (tertiary/aromatic N) is 5. The van der Waals surface area contributed by atoms with Crippen LogP contribution in [0.1, 0.15) is 35.0 Å². The number of anilines is 1. The molecular formula is C17H19ClN6O. The molecule has 130 valence electrons. The molecule has 0 unspecified atom stereocenters. The van der Waals surface area contributed by atoms with Crippen molar-refractivity contribution in [2.45, 2.75) is 32.4 Å². The van der Waals surface area contributed by atoms with Crippen LogP contribution in [0.5, 0.6) is 0 Å². The first-order valence-electron chi connectivity index (χ1n) is 7.91. The van der Waals surface area contributed by atoms with Crippen LogP contribution < -0.4 is 5.32 Å². The number of amides is 1. The summed E-state index contributed by atoms with van der Waals surface area (Å²) in [6.07, 6.45) is 1.80. The second-order valence-corrected chi connectivity index (χ2v) is 6.69. The fourth-order valence-corrected chi connectivity index (χ4v) is 3.61. The number of likely N-dealkylation sites (tertiary alicyclic amines) is 1. The Kier molecular flexibility index (Phi) is 4.39. The number of rotatable bonds is 3. The Morgan fingerprint density at radius 2 is 2.12 bits per heavy atom. The Labute approximate surface area is 151 Å². The lowest BCUT2D eigenvalue weighted by Gasteiger charge is -2.26. The maximum absolute atomic E-state index is 12.3. The van der Waals surface area contributed by atoms with E-state index in [2.05, 4.69) is 15.4 Å². The highest BCUT2D eigenvalue weighted by Gasteiger charge is 2.41. The van der Waals surface area contributed by atoms with Crippen molar-refractivity contribution < 1.29 is 4.79 Å². The molecule has 1 fully saturated rings. The van der Waals surface area contributed by atoms with E-state index in [0.717, 1.165) is 17.0 Å². The molecule has 0 bridgehead atoms. The molecule has 1 N–H and O–H groups in total. The molecule has 25 heavy (non-hydrogen) atoms. The van der Waals surface area contributed by atoms with E-state index in [4.69, 9.17) is 16.9 Å². The van der Waals surface area contributed by atoms with Crippen molar-refractivity contribution in [3.05, 3.63) is 39.8 Å². The van der Waals surface area contributed by atoms with E-state index in [1.54, 1.807) is 18.0 Å². The van der Waals surface area contributed by atoms with Gasteiger partial charge in [0.05, 0.1) is 28.4 Å². The molecule has 1 aliphatic heterocycles. The molecule has 1 amide bonds. The number of halogens is 1. The number of pyridine rings is 1. The molecule has 2 atom stereocenters. The summed E-state index contributed by atoms with van der Waals surface area (Å²) in [5.41, 5.74) is 3.36. The molecule has 8 heteroatoms. The van der Waals surface area contributed by atoms with Gasteiger partial charge in [-0.1, -0.05) is 11.6 Å². The Morgan fingerprint density at radius 3 is 2.68 bits per heavy atom. The Bertz CT molecular complexity index is 884. The first-order valence-corrected chi connectivity index (χ1v) is 8.29. The number of nitriles is 1. The van der Waals surface area contributed by atoms with E-state index in [-0.39, 0.29) is 18.0 Å². The third kappa shape index (κ3) is 2.94. The van der Waals surface area contributed by atoms with Gasteiger partial charge in [0, 0.05) is 38.0 Å². The summed E-state index contributed by atoms with van der Waals surface area (Å²) in [7, 11) is 3.69. The maximum Gasteiger partial charge on any atom is 0.225 e. The third-order valence-corrected chi connectivity index (χ3v) is 5.03. The standard InChI is InChI=1S/C17H19ClN6O/c1-9-15(10(2)24(4)22-9)16-13(6-14(25)23(16)3)21-17-12(18)5-11(7-19)8-20-17/h5,8,13,16H,6H2,1-4H3,(H,20,21)/t13-,16-/m1/s1. The number of carbonyl (C=O) groups is 1. The van der Waals surface area contributed by atoms with Gasteiger partial charge in [-0.05, 0) is 19.9 Å². The quantitative estimate of drug-likeness (QED) is 0.910. The van der Waals surface area contributed by atoms with E-state index in [1.807, 2.05) is 31.6 Å². The Balaban J connectivity index is 1.97. The van der Waals surface area contributed by atoms with Crippen molar-refractivity contribution in [2.75, 3.05) is 12.4 Å². The lowest BCUT2D eigenvalue weighted by molar-refractivity contribution is -0.127. The second-order valence-electron chi connectivity index (χ2n) is 6.28. The molecule has 7 nitrogen and oxygen atoms in total. The van der Waals surface area contributed by atoms with Gasteiger partial charge in [0.1, 0.15) is 11.9 Å². The highest BCUT2D eigenvalue weighted by atomic mass is 35.5. The van der Waals surface area contributed by atoms with E-state index in [9.17, 15) is 4.79 Å². The van der Waals surface area contributed by atoms with Gasteiger partial charge in [-0.2, -0.15) is 10.4 Å². The van der Waals surface area contributed by atoms with Gasteiger partial charge >= 0.3 is 0 Å². The van der Waals surface area contributed by atoms with Crippen molar-refractivity contribution in [3.8, 4) is 6.07 Å². The van der Waals surface area contributed by atoms with Gasteiger partial charge in [0.15, 0.2) is 0 Å². The summed E-state index contributed by atoms with van der Waals surface area (Å²) in [5, 5.41) is 17.0. The highest BCUT2D eigenvalue weighted by molar-refractivity contribution is 6.33. The van der Waals surface area contributed by atoms with Crippen molar-refractivity contribution in [1.82, 2.24) is 19.7 Å². The van der Waals surface area contributed by atoms with Gasteiger partial charge in [0.25, 0.3) is 0 Å². The zero-order valence-electron chi connectivity index (χ0n) is 14.5. The van der Waals surface area contributed by atoms with Crippen LogP contribution in [0.2, 0.25) is 5.02 Å². The molecule has 2 aromatic rings. The summed E-state index contributed by atoms with van der Waals surface area (Å²) < 4.78 is 1.82. The summed E-state index contributed by atoms with van der Waals surface area (Å²) in [4.78, 5) is 18.3. The summed E-state index contributed by atoms with van der Waals surface area (Å²) in [6.45, 7) is 3.94. The second kappa shape index (κ2) is 6.37. The molecule has 1 aliphatic rings. The molecule has 0 spiro atoms. The zero-order valence-corrected chi connectivity index (χ0v) is 15.3. The van der Waals surface area contributed by atoms with Gasteiger partial charge in [-0.15, -0.1) is 0 Å². The zero-order chi connectivity index (χ0) is 18.3. The van der Waals surface area contributed by atoms with Crippen molar-refractivity contribution in [2.24, 2.45) is 7.05 Å². The summed E-state index contributed by atoms with van der Waals surface area (Å²) in [5.74, 6) is 0.521. The third-order valence-electron chi connectivity index (χ3n) is 4.74. The van der Waals surface area contributed by atoms with E-state index in [1.165, 1.54) is 6.20 Å². The number of hydrogen-bond donors (Lipinski definition) is 1. The monoisotopic (exact) mass is 358 g/mol. The topological polar surface area (TPSA) is 86.8 Å². The Hall–Kier alpha value is -2.59. The fraction of sp³-hybridized carbons (Fsp3) is 0.412. The highest BCUT2D eigenvalue weighted by Crippen LogP contribution is 2.37. The minimum absolute atomic E-state index is 0.0509. The van der Waals surface area contributed by atoms with Crippen LogP contribution in [0.15, 0.2) is 12.3 Å².